The number of benzene rings is 1. The van der Waals surface area contributed by atoms with Gasteiger partial charge in [-0.15, -0.1) is 0 Å². The summed E-state index contributed by atoms with van der Waals surface area (Å²) < 4.78 is 5.19. The monoisotopic (exact) mass is 353 g/mol. The largest absolute Gasteiger partial charge is 0.497 e. The van der Waals surface area contributed by atoms with Crippen LogP contribution >= 0.6 is 0 Å². The van der Waals surface area contributed by atoms with Crippen LogP contribution in [-0.2, 0) is 11.3 Å². The highest BCUT2D eigenvalue weighted by Crippen LogP contribution is 2.33. The molecule has 2 N–H and O–H groups in total. The van der Waals surface area contributed by atoms with Crippen LogP contribution < -0.4 is 15.4 Å². The average molecular weight is 353 g/mol. The van der Waals surface area contributed by atoms with Crippen LogP contribution in [0.4, 0.5) is 4.79 Å². The Morgan fingerprint density at radius 2 is 2.12 bits per heavy atom. The van der Waals surface area contributed by atoms with Gasteiger partial charge in [0.25, 0.3) is 11.8 Å². The van der Waals surface area contributed by atoms with E-state index < -0.39 is 17.5 Å². The first-order valence-corrected chi connectivity index (χ1v) is 8.46. The molecule has 26 heavy (non-hydrogen) atoms. The van der Waals surface area contributed by atoms with Gasteiger partial charge in [0, 0.05) is 18.0 Å². The quantitative estimate of drug-likeness (QED) is 0.800. The number of fused-ring (bicyclic) bond motifs is 1. The van der Waals surface area contributed by atoms with Crippen molar-refractivity contribution in [2.45, 2.75) is 18.5 Å². The van der Waals surface area contributed by atoms with Crippen molar-refractivity contribution in [2.24, 2.45) is 5.92 Å². The van der Waals surface area contributed by atoms with Gasteiger partial charge in [-0.25, -0.2) is 4.79 Å². The predicted octanol–water partition coefficient (Wildman–Crippen LogP) is 1.36. The molecule has 7 heteroatoms. The first-order valence-electron chi connectivity index (χ1n) is 8.46. The van der Waals surface area contributed by atoms with Crippen molar-refractivity contribution in [1.29, 1.82) is 0 Å². The molecule has 0 aromatic heterocycles. The fourth-order valence-electron chi connectivity index (χ4n) is 3.84. The molecule has 7 nitrogen and oxygen atoms in total. The molecule has 1 aromatic carbocycles. The third-order valence-corrected chi connectivity index (χ3v) is 5.22. The van der Waals surface area contributed by atoms with Crippen molar-refractivity contribution in [1.82, 2.24) is 15.5 Å². The number of amides is 4. The number of hydrogen-bond acceptors (Lipinski definition) is 4. The van der Waals surface area contributed by atoms with Gasteiger partial charge in [-0.05, 0) is 24.1 Å². The summed E-state index contributed by atoms with van der Waals surface area (Å²) in [6, 6.07) is 4.85. The van der Waals surface area contributed by atoms with E-state index in [1.165, 1.54) is 0 Å². The van der Waals surface area contributed by atoms with Gasteiger partial charge in [-0.2, -0.15) is 0 Å². The van der Waals surface area contributed by atoms with E-state index in [9.17, 15) is 14.4 Å². The molecular formula is C19H19N3O4. The lowest BCUT2D eigenvalue weighted by molar-refractivity contribution is -0.125. The molecule has 2 unspecified atom stereocenters. The third kappa shape index (κ3) is 2.47. The molecule has 134 valence electrons. The van der Waals surface area contributed by atoms with Crippen LogP contribution in [0, 0.1) is 5.92 Å². The van der Waals surface area contributed by atoms with E-state index in [1.807, 2.05) is 36.4 Å². The van der Waals surface area contributed by atoms with E-state index in [2.05, 4.69) is 10.6 Å². The average Bonchev–Trinajstić information content (AvgIpc) is 3.12. The Bertz CT molecular complexity index is 860. The minimum absolute atomic E-state index is 0.114. The molecule has 0 radical (unpaired) electrons. The van der Waals surface area contributed by atoms with E-state index in [1.54, 1.807) is 18.1 Å². The number of methoxy groups -OCH3 is 1. The van der Waals surface area contributed by atoms with Crippen molar-refractivity contribution >= 4 is 17.8 Å². The molecule has 0 saturated carbocycles. The highest BCUT2D eigenvalue weighted by atomic mass is 16.5. The lowest BCUT2D eigenvalue weighted by Gasteiger charge is -2.36. The number of urea groups is 1. The van der Waals surface area contributed by atoms with E-state index in [4.69, 9.17) is 4.74 Å². The Hall–Kier alpha value is -3.09. The Morgan fingerprint density at radius 1 is 1.27 bits per heavy atom. The highest BCUT2D eigenvalue weighted by molar-refractivity contribution is 6.08. The summed E-state index contributed by atoms with van der Waals surface area (Å²) in [4.78, 5) is 39.0. The first-order chi connectivity index (χ1) is 12.5. The molecular weight excluding hydrogens is 334 g/mol. The maximum atomic E-state index is 12.9. The molecule has 3 aliphatic rings. The van der Waals surface area contributed by atoms with E-state index in [0.717, 1.165) is 5.56 Å². The molecule has 0 spiro atoms. The normalized spacial score (nSPS) is 26.7. The van der Waals surface area contributed by atoms with E-state index in [0.29, 0.717) is 24.3 Å². The Kier molecular flexibility index (Phi) is 3.79. The molecule has 1 aromatic rings. The van der Waals surface area contributed by atoms with Crippen molar-refractivity contribution < 1.29 is 19.1 Å². The lowest BCUT2D eigenvalue weighted by Crippen LogP contribution is -2.59. The van der Waals surface area contributed by atoms with Crippen molar-refractivity contribution in [3.8, 4) is 5.75 Å². The van der Waals surface area contributed by atoms with Gasteiger partial charge >= 0.3 is 6.03 Å². The first kappa shape index (κ1) is 16.4. The molecule has 1 saturated heterocycles. The van der Waals surface area contributed by atoms with Crippen molar-refractivity contribution in [3.05, 3.63) is 53.6 Å². The summed E-state index contributed by atoms with van der Waals surface area (Å²) in [6.45, 7) is 0.512. The van der Waals surface area contributed by atoms with Gasteiger partial charge < -0.3 is 15.0 Å². The maximum Gasteiger partial charge on any atom is 0.322 e. The standard InChI is InChI=1S/C19H19N3O4/c1-26-14-8-7-12-10-22(16(23)15(12)9-14)11-19(13-5-3-2-4-6-13)17(24)20-18(25)21-19/h2-5,7-9,13H,6,10-11H2,1H3,(H2,20,21,24,25). The van der Waals surface area contributed by atoms with Gasteiger partial charge in [-0.1, -0.05) is 30.4 Å². The number of allylic oxidation sites excluding steroid dienone is 3. The van der Waals surface area contributed by atoms with Gasteiger partial charge in [0.1, 0.15) is 11.3 Å². The molecule has 1 aliphatic carbocycles. The van der Waals surface area contributed by atoms with Crippen LogP contribution in [0.3, 0.4) is 0 Å². The van der Waals surface area contributed by atoms with E-state index >= 15 is 0 Å². The summed E-state index contributed by atoms with van der Waals surface area (Å²) in [5.74, 6) is -0.165. The van der Waals surface area contributed by atoms with Crippen molar-refractivity contribution in [2.75, 3.05) is 13.7 Å². The Labute approximate surface area is 150 Å². The SMILES string of the molecule is COc1ccc2c(c1)C(=O)N(CC1(C3C=CC=CC3)NC(=O)NC1=O)C2. The minimum Gasteiger partial charge on any atom is -0.497 e. The van der Waals surface area contributed by atoms with Gasteiger partial charge in [0.05, 0.1) is 13.7 Å². The minimum atomic E-state index is -1.17. The Balaban J connectivity index is 1.64. The number of rotatable bonds is 4. The number of imide groups is 1. The summed E-state index contributed by atoms with van der Waals surface area (Å²) in [5.41, 5.74) is 0.290. The van der Waals surface area contributed by atoms with Crippen LogP contribution in [0.15, 0.2) is 42.5 Å². The molecule has 2 heterocycles. The van der Waals surface area contributed by atoms with Crippen molar-refractivity contribution in [3.63, 3.8) is 0 Å². The summed E-state index contributed by atoms with van der Waals surface area (Å²) in [6.07, 6.45) is 8.24. The topological polar surface area (TPSA) is 87.7 Å². The highest BCUT2D eigenvalue weighted by Gasteiger charge is 2.53. The molecule has 2 atom stereocenters. The van der Waals surface area contributed by atoms with Gasteiger partial charge in [-0.3, -0.25) is 14.9 Å². The second kappa shape index (κ2) is 6.01. The second-order valence-electron chi connectivity index (χ2n) is 6.72. The lowest BCUT2D eigenvalue weighted by atomic mass is 9.79. The molecule has 1 fully saturated rings. The van der Waals surface area contributed by atoms with Crippen LogP contribution in [0.1, 0.15) is 22.3 Å². The number of carbonyl (C=O) groups is 3. The fraction of sp³-hybridized carbons (Fsp3) is 0.316. The van der Waals surface area contributed by atoms with Crippen LogP contribution in [-0.4, -0.2) is 41.9 Å². The number of ether oxygens (including phenoxy) is 1. The summed E-state index contributed by atoms with van der Waals surface area (Å²) >= 11 is 0. The number of carbonyl (C=O) groups excluding carboxylic acids is 3. The summed E-state index contributed by atoms with van der Waals surface area (Å²) in [7, 11) is 1.55. The molecule has 0 bridgehead atoms. The zero-order chi connectivity index (χ0) is 18.3. The molecule has 4 rings (SSSR count). The molecule has 4 amide bonds. The summed E-state index contributed by atoms with van der Waals surface area (Å²) in [5, 5.41) is 5.11. The fourth-order valence-corrected chi connectivity index (χ4v) is 3.84. The van der Waals surface area contributed by atoms with Crippen LogP contribution in [0.5, 0.6) is 5.75 Å². The molecule has 2 aliphatic heterocycles. The third-order valence-electron chi connectivity index (χ3n) is 5.22. The zero-order valence-corrected chi connectivity index (χ0v) is 14.3. The smallest absolute Gasteiger partial charge is 0.322 e. The van der Waals surface area contributed by atoms with Gasteiger partial charge in [0.15, 0.2) is 0 Å². The van der Waals surface area contributed by atoms with Gasteiger partial charge in [0.2, 0.25) is 0 Å². The van der Waals surface area contributed by atoms with E-state index in [-0.39, 0.29) is 18.4 Å². The van der Waals surface area contributed by atoms with Crippen LogP contribution in [0.2, 0.25) is 0 Å². The predicted molar refractivity (Wildman–Crippen MR) is 93.5 cm³/mol. The number of hydrogen-bond donors (Lipinski definition) is 2. The second-order valence-corrected chi connectivity index (χ2v) is 6.72. The number of nitrogens with one attached hydrogen (secondary N) is 2. The maximum absolute atomic E-state index is 12.9. The Morgan fingerprint density at radius 3 is 2.77 bits per heavy atom. The zero-order valence-electron chi connectivity index (χ0n) is 14.3. The van der Waals surface area contributed by atoms with Crippen LogP contribution in [0.25, 0.3) is 0 Å². The number of nitrogens with zero attached hydrogens (tertiary/aromatic N) is 1.